The molecule has 0 bridgehead atoms. The number of amides is 1. The minimum atomic E-state index is -0.191. The molecular weight excluding hydrogens is 242 g/mol. The van der Waals surface area contributed by atoms with E-state index in [0.717, 1.165) is 36.4 Å². The van der Waals surface area contributed by atoms with Gasteiger partial charge in [0.25, 0.3) is 5.91 Å². The lowest BCUT2D eigenvalue weighted by Gasteiger charge is -2.31. The van der Waals surface area contributed by atoms with Crippen molar-refractivity contribution in [1.29, 1.82) is 0 Å². The molecule has 0 aromatic heterocycles. The van der Waals surface area contributed by atoms with E-state index in [1.54, 1.807) is 4.90 Å². The second kappa shape index (κ2) is 4.51. The quantitative estimate of drug-likeness (QED) is 0.834. The van der Waals surface area contributed by atoms with E-state index in [9.17, 15) is 4.79 Å². The number of fused-ring (bicyclic) bond motifs is 1. The van der Waals surface area contributed by atoms with Crippen molar-refractivity contribution in [3.63, 3.8) is 0 Å². The van der Waals surface area contributed by atoms with E-state index < -0.39 is 0 Å². The van der Waals surface area contributed by atoms with Crippen LogP contribution >= 0.6 is 0 Å². The first kappa shape index (κ1) is 12.4. The highest BCUT2D eigenvalue weighted by atomic mass is 16.5. The lowest BCUT2D eigenvalue weighted by atomic mass is 10.1. The van der Waals surface area contributed by atoms with E-state index in [0.29, 0.717) is 6.54 Å². The van der Waals surface area contributed by atoms with Gasteiger partial charge in [0.15, 0.2) is 6.61 Å². The molecule has 0 radical (unpaired) electrons. The number of carbonyl (C=O) groups is 1. The average Bonchev–Trinajstić information content (AvgIpc) is 3.12. The first-order valence-electron chi connectivity index (χ1n) is 6.61. The Bertz CT molecular complexity index is 511. The van der Waals surface area contributed by atoms with Gasteiger partial charge in [-0.3, -0.25) is 4.79 Å². The summed E-state index contributed by atoms with van der Waals surface area (Å²) in [6, 6.07) is 5.95. The summed E-state index contributed by atoms with van der Waals surface area (Å²) >= 11 is 0. The number of ether oxygens (including phenoxy) is 1. The van der Waals surface area contributed by atoms with Crippen LogP contribution in [0.5, 0.6) is 5.75 Å². The Morgan fingerprint density at radius 3 is 2.95 bits per heavy atom. The molecule has 1 saturated carbocycles. The largest absolute Gasteiger partial charge is 0.482 e. The summed E-state index contributed by atoms with van der Waals surface area (Å²) in [5, 5.41) is 3.11. The van der Waals surface area contributed by atoms with Crippen LogP contribution in [0.3, 0.4) is 0 Å². The van der Waals surface area contributed by atoms with Crippen molar-refractivity contribution in [2.45, 2.75) is 24.9 Å². The van der Waals surface area contributed by atoms with Gasteiger partial charge >= 0.3 is 0 Å². The highest BCUT2D eigenvalue weighted by Gasteiger charge is 2.42. The van der Waals surface area contributed by atoms with Crippen LogP contribution in [0.2, 0.25) is 0 Å². The van der Waals surface area contributed by atoms with Crippen molar-refractivity contribution in [2.75, 3.05) is 25.1 Å². The molecule has 3 N–H and O–H groups in total. The first-order chi connectivity index (χ1) is 9.11. The predicted octanol–water partition coefficient (Wildman–Crippen LogP) is 0.623. The Hall–Kier alpha value is -1.59. The van der Waals surface area contributed by atoms with Crippen molar-refractivity contribution < 1.29 is 9.53 Å². The van der Waals surface area contributed by atoms with Gasteiger partial charge in [0.05, 0.1) is 5.69 Å². The van der Waals surface area contributed by atoms with E-state index in [-0.39, 0.29) is 18.1 Å². The number of carbonyl (C=O) groups excluding carboxylic acids is 1. The minimum absolute atomic E-state index is 0.00849. The SMILES string of the molecule is CNCc1ccc2c(c1)N(CC1(N)CC1)C(=O)CO2. The Labute approximate surface area is 112 Å². The fourth-order valence-electron chi connectivity index (χ4n) is 2.37. The maximum Gasteiger partial charge on any atom is 0.265 e. The molecule has 0 unspecified atom stereocenters. The van der Waals surface area contributed by atoms with Gasteiger partial charge in [-0.2, -0.15) is 0 Å². The molecule has 0 atom stereocenters. The summed E-state index contributed by atoms with van der Waals surface area (Å²) < 4.78 is 5.48. The third-order valence-electron chi connectivity index (χ3n) is 3.71. The zero-order valence-corrected chi connectivity index (χ0v) is 11.1. The molecular formula is C14H19N3O2. The summed E-state index contributed by atoms with van der Waals surface area (Å²) in [6.45, 7) is 1.46. The second-order valence-electron chi connectivity index (χ2n) is 5.46. The number of hydrogen-bond donors (Lipinski definition) is 2. The third-order valence-corrected chi connectivity index (χ3v) is 3.71. The highest BCUT2D eigenvalue weighted by Crippen LogP contribution is 2.38. The van der Waals surface area contributed by atoms with Gasteiger partial charge in [-0.15, -0.1) is 0 Å². The van der Waals surface area contributed by atoms with Gasteiger partial charge in [0.2, 0.25) is 0 Å². The van der Waals surface area contributed by atoms with Crippen LogP contribution in [0.15, 0.2) is 18.2 Å². The molecule has 1 aromatic rings. The van der Waals surface area contributed by atoms with E-state index in [4.69, 9.17) is 10.5 Å². The van der Waals surface area contributed by atoms with Gasteiger partial charge < -0.3 is 20.7 Å². The van der Waals surface area contributed by atoms with Crippen molar-refractivity contribution in [1.82, 2.24) is 5.32 Å². The molecule has 19 heavy (non-hydrogen) atoms. The Kier molecular flexibility index (Phi) is 2.95. The zero-order chi connectivity index (χ0) is 13.5. The van der Waals surface area contributed by atoms with E-state index in [1.807, 2.05) is 25.2 Å². The summed E-state index contributed by atoms with van der Waals surface area (Å²) in [7, 11) is 1.90. The van der Waals surface area contributed by atoms with E-state index >= 15 is 0 Å². The fourth-order valence-corrected chi connectivity index (χ4v) is 2.37. The molecule has 1 amide bonds. The van der Waals surface area contributed by atoms with Crippen LogP contribution in [-0.2, 0) is 11.3 Å². The second-order valence-corrected chi connectivity index (χ2v) is 5.46. The average molecular weight is 261 g/mol. The maximum absolute atomic E-state index is 12.1. The Morgan fingerprint density at radius 1 is 1.47 bits per heavy atom. The van der Waals surface area contributed by atoms with Crippen LogP contribution in [0.4, 0.5) is 5.69 Å². The normalized spacial score (nSPS) is 19.9. The number of nitrogens with zero attached hydrogens (tertiary/aromatic N) is 1. The van der Waals surface area contributed by atoms with E-state index in [2.05, 4.69) is 5.32 Å². The minimum Gasteiger partial charge on any atom is -0.482 e. The summed E-state index contributed by atoms with van der Waals surface area (Å²) in [4.78, 5) is 13.8. The van der Waals surface area contributed by atoms with Gasteiger partial charge in [0.1, 0.15) is 5.75 Å². The molecule has 3 rings (SSSR count). The van der Waals surface area contributed by atoms with Crippen LogP contribution in [0.25, 0.3) is 0 Å². The van der Waals surface area contributed by atoms with Gasteiger partial charge in [-0.25, -0.2) is 0 Å². The molecule has 0 spiro atoms. The Morgan fingerprint density at radius 2 is 2.26 bits per heavy atom. The number of benzene rings is 1. The van der Waals surface area contributed by atoms with Crippen molar-refractivity contribution >= 4 is 11.6 Å². The molecule has 5 nitrogen and oxygen atoms in total. The molecule has 1 aliphatic carbocycles. The van der Waals surface area contributed by atoms with Crippen molar-refractivity contribution in [3.8, 4) is 5.75 Å². The summed E-state index contributed by atoms with van der Waals surface area (Å²) in [6.07, 6.45) is 1.98. The number of anilines is 1. The summed E-state index contributed by atoms with van der Waals surface area (Å²) in [5.74, 6) is 0.759. The summed E-state index contributed by atoms with van der Waals surface area (Å²) in [5.41, 5.74) is 7.93. The number of nitrogens with one attached hydrogen (secondary N) is 1. The first-order valence-corrected chi connectivity index (χ1v) is 6.61. The highest BCUT2D eigenvalue weighted by molar-refractivity contribution is 5.98. The number of rotatable bonds is 4. The van der Waals surface area contributed by atoms with Crippen molar-refractivity contribution in [3.05, 3.63) is 23.8 Å². The number of hydrogen-bond acceptors (Lipinski definition) is 4. The van der Waals surface area contributed by atoms with E-state index in [1.165, 1.54) is 0 Å². The third kappa shape index (κ3) is 2.43. The standard InChI is InChI=1S/C14H19N3O2/c1-16-7-10-2-3-12-11(6-10)17(13(18)8-19-12)9-14(15)4-5-14/h2-3,6,16H,4-5,7-9,15H2,1H3. The molecule has 1 fully saturated rings. The zero-order valence-electron chi connectivity index (χ0n) is 11.1. The van der Waals surface area contributed by atoms with Crippen molar-refractivity contribution in [2.24, 2.45) is 5.73 Å². The fraction of sp³-hybridized carbons (Fsp3) is 0.500. The molecule has 1 aromatic carbocycles. The van der Waals surface area contributed by atoms with Crippen LogP contribution in [0, 0.1) is 0 Å². The topological polar surface area (TPSA) is 67.6 Å². The molecule has 1 heterocycles. The van der Waals surface area contributed by atoms with Crippen LogP contribution in [0.1, 0.15) is 18.4 Å². The van der Waals surface area contributed by atoms with Gasteiger partial charge in [-0.1, -0.05) is 6.07 Å². The number of nitrogens with two attached hydrogens (primary N) is 1. The van der Waals surface area contributed by atoms with Crippen LogP contribution < -0.4 is 20.7 Å². The van der Waals surface area contributed by atoms with Crippen LogP contribution in [-0.4, -0.2) is 31.6 Å². The molecule has 1 aliphatic heterocycles. The van der Waals surface area contributed by atoms with Gasteiger partial charge in [0, 0.05) is 18.6 Å². The predicted molar refractivity (Wildman–Crippen MR) is 73.2 cm³/mol. The Balaban J connectivity index is 1.92. The lowest BCUT2D eigenvalue weighted by Crippen LogP contribution is -2.46. The van der Waals surface area contributed by atoms with Gasteiger partial charge in [-0.05, 0) is 37.6 Å². The molecule has 0 saturated heterocycles. The maximum atomic E-state index is 12.1. The molecule has 2 aliphatic rings. The molecule has 5 heteroatoms. The lowest BCUT2D eigenvalue weighted by molar-refractivity contribution is -0.121. The molecule has 102 valence electrons. The monoisotopic (exact) mass is 261 g/mol. The smallest absolute Gasteiger partial charge is 0.265 e.